The van der Waals surface area contributed by atoms with E-state index in [9.17, 15) is 0 Å². The molecule has 0 aliphatic carbocycles. The van der Waals surface area contributed by atoms with Gasteiger partial charge < -0.3 is 10.2 Å². The lowest BCUT2D eigenvalue weighted by Gasteiger charge is -2.14. The molecule has 1 heterocycles. The zero-order valence-electron chi connectivity index (χ0n) is 11.9. The van der Waals surface area contributed by atoms with Crippen molar-refractivity contribution in [2.24, 2.45) is 11.8 Å². The van der Waals surface area contributed by atoms with Gasteiger partial charge in [-0.1, -0.05) is 27.7 Å². The molecule has 5 nitrogen and oxygen atoms in total. The number of anilines is 1. The average molecular weight is 252 g/mol. The largest absolute Gasteiger partial charge is 0.477 e. The highest BCUT2D eigenvalue weighted by Gasteiger charge is 2.13. The topological polar surface area (TPSA) is 73.1 Å². The molecule has 0 aromatic carbocycles. The second-order valence-corrected chi connectivity index (χ2v) is 5.19. The number of hydrogen-bond acceptors (Lipinski definition) is 5. The quantitative estimate of drug-likeness (QED) is 0.601. The molecule has 3 N–H and O–H groups in total. The van der Waals surface area contributed by atoms with Crippen molar-refractivity contribution in [3.8, 4) is 5.88 Å². The van der Waals surface area contributed by atoms with Crippen molar-refractivity contribution in [3.05, 3.63) is 11.4 Å². The number of ether oxygens (including phenoxy) is 1. The Morgan fingerprint density at radius 2 is 1.89 bits per heavy atom. The molecule has 0 aliphatic rings. The predicted molar refractivity (Wildman–Crippen MR) is 73.6 cm³/mol. The van der Waals surface area contributed by atoms with Crippen LogP contribution in [0, 0.1) is 12.8 Å². The first-order valence-corrected chi connectivity index (χ1v) is 6.43. The second kappa shape index (κ2) is 6.54. The highest BCUT2D eigenvalue weighted by atomic mass is 16.5. The molecule has 1 aromatic rings. The van der Waals surface area contributed by atoms with Gasteiger partial charge in [0.15, 0.2) is 0 Å². The Morgan fingerprint density at radius 1 is 1.22 bits per heavy atom. The number of rotatable bonds is 6. The fourth-order valence-corrected chi connectivity index (χ4v) is 1.44. The van der Waals surface area contributed by atoms with Crippen LogP contribution in [0.3, 0.4) is 0 Å². The van der Waals surface area contributed by atoms with Gasteiger partial charge in [-0.2, -0.15) is 4.98 Å². The Hall–Kier alpha value is -1.36. The first-order valence-electron chi connectivity index (χ1n) is 6.43. The lowest BCUT2D eigenvalue weighted by molar-refractivity contribution is 0.276. The van der Waals surface area contributed by atoms with Gasteiger partial charge in [-0.05, 0) is 19.3 Å². The third-order valence-corrected chi connectivity index (χ3v) is 2.71. The first-order chi connectivity index (χ1) is 8.45. The van der Waals surface area contributed by atoms with Crippen molar-refractivity contribution in [2.75, 3.05) is 12.0 Å². The van der Waals surface area contributed by atoms with E-state index in [4.69, 9.17) is 10.6 Å². The summed E-state index contributed by atoms with van der Waals surface area (Å²) in [5, 5.41) is 0. The van der Waals surface area contributed by atoms with Gasteiger partial charge in [-0.3, -0.25) is 0 Å². The molecule has 102 valence electrons. The molecule has 5 heteroatoms. The molecule has 0 spiro atoms. The lowest BCUT2D eigenvalue weighted by atomic mass is 10.1. The van der Waals surface area contributed by atoms with Crippen molar-refractivity contribution in [1.29, 1.82) is 0 Å². The van der Waals surface area contributed by atoms with E-state index in [1.165, 1.54) is 0 Å². The Bertz CT molecular complexity index is 391. The minimum Gasteiger partial charge on any atom is -0.477 e. The smallest absolute Gasteiger partial charge is 0.221 e. The summed E-state index contributed by atoms with van der Waals surface area (Å²) in [5.74, 6) is 8.33. The van der Waals surface area contributed by atoms with Crippen molar-refractivity contribution >= 4 is 5.82 Å². The van der Waals surface area contributed by atoms with Crippen molar-refractivity contribution in [1.82, 2.24) is 9.97 Å². The third kappa shape index (κ3) is 3.84. The standard InChI is InChI=1S/C13H24N4O/c1-8(2)6-7-18-13-10(5)12(17-14)15-11(16-13)9(3)4/h8-9H,6-7,14H2,1-5H3,(H,15,16,17). The maximum atomic E-state index is 5.73. The maximum Gasteiger partial charge on any atom is 0.221 e. The number of hydrazine groups is 1. The van der Waals surface area contributed by atoms with Crippen molar-refractivity contribution < 1.29 is 4.74 Å². The van der Waals surface area contributed by atoms with Gasteiger partial charge in [-0.15, -0.1) is 0 Å². The molecule has 0 amide bonds. The van der Waals surface area contributed by atoms with Crippen LogP contribution >= 0.6 is 0 Å². The van der Waals surface area contributed by atoms with E-state index in [0.29, 0.717) is 24.2 Å². The van der Waals surface area contributed by atoms with Gasteiger partial charge in [0, 0.05) is 5.92 Å². The normalized spacial score (nSPS) is 11.1. The summed E-state index contributed by atoms with van der Waals surface area (Å²) in [6.07, 6.45) is 1.01. The number of nitrogens with two attached hydrogens (primary N) is 1. The molecule has 1 aromatic heterocycles. The van der Waals surface area contributed by atoms with E-state index < -0.39 is 0 Å². The summed E-state index contributed by atoms with van der Waals surface area (Å²) in [5.41, 5.74) is 3.45. The van der Waals surface area contributed by atoms with Gasteiger partial charge in [-0.25, -0.2) is 10.8 Å². The van der Waals surface area contributed by atoms with Crippen LogP contribution in [0.15, 0.2) is 0 Å². The molecule has 0 saturated carbocycles. The SMILES string of the molecule is Cc1c(NN)nc(C(C)C)nc1OCCC(C)C. The number of aromatic nitrogens is 2. The third-order valence-electron chi connectivity index (χ3n) is 2.71. The van der Waals surface area contributed by atoms with Crippen LogP contribution in [0.2, 0.25) is 0 Å². The van der Waals surface area contributed by atoms with Crippen molar-refractivity contribution in [3.63, 3.8) is 0 Å². The molecule has 0 unspecified atom stereocenters. The number of nitrogens with zero attached hydrogens (tertiary/aromatic N) is 2. The fourth-order valence-electron chi connectivity index (χ4n) is 1.44. The van der Waals surface area contributed by atoms with Crippen LogP contribution in [-0.4, -0.2) is 16.6 Å². The van der Waals surface area contributed by atoms with Gasteiger partial charge in [0.2, 0.25) is 5.88 Å². The fraction of sp³-hybridized carbons (Fsp3) is 0.692. The predicted octanol–water partition coefficient (Wildman–Crippen LogP) is 2.62. The van der Waals surface area contributed by atoms with E-state index in [1.807, 2.05) is 20.8 Å². The number of nitrogens with one attached hydrogen (secondary N) is 1. The van der Waals surface area contributed by atoms with Gasteiger partial charge in [0.05, 0.1) is 12.2 Å². The monoisotopic (exact) mass is 252 g/mol. The molecular weight excluding hydrogens is 228 g/mol. The number of hydrogen-bond donors (Lipinski definition) is 2. The molecule has 18 heavy (non-hydrogen) atoms. The summed E-state index contributed by atoms with van der Waals surface area (Å²) >= 11 is 0. The molecular formula is C13H24N4O. The Morgan fingerprint density at radius 3 is 2.39 bits per heavy atom. The minimum absolute atomic E-state index is 0.241. The van der Waals surface area contributed by atoms with E-state index in [0.717, 1.165) is 17.8 Å². The summed E-state index contributed by atoms with van der Waals surface area (Å²) < 4.78 is 5.73. The Labute approximate surface area is 109 Å². The van der Waals surface area contributed by atoms with E-state index >= 15 is 0 Å². The molecule has 0 saturated heterocycles. The second-order valence-electron chi connectivity index (χ2n) is 5.19. The van der Waals surface area contributed by atoms with Gasteiger partial charge >= 0.3 is 0 Å². The van der Waals surface area contributed by atoms with Gasteiger partial charge in [0.25, 0.3) is 0 Å². The van der Waals surface area contributed by atoms with Crippen LogP contribution < -0.4 is 16.0 Å². The Balaban J connectivity index is 2.91. The van der Waals surface area contributed by atoms with Crippen LogP contribution in [-0.2, 0) is 0 Å². The highest BCUT2D eigenvalue weighted by molar-refractivity contribution is 5.47. The lowest BCUT2D eigenvalue weighted by Crippen LogP contribution is -2.15. The highest BCUT2D eigenvalue weighted by Crippen LogP contribution is 2.24. The zero-order valence-corrected chi connectivity index (χ0v) is 11.9. The molecule has 0 atom stereocenters. The van der Waals surface area contributed by atoms with Crippen LogP contribution in [0.1, 0.15) is 51.4 Å². The zero-order chi connectivity index (χ0) is 13.7. The van der Waals surface area contributed by atoms with Crippen LogP contribution in [0.25, 0.3) is 0 Å². The van der Waals surface area contributed by atoms with Gasteiger partial charge in [0.1, 0.15) is 11.6 Å². The maximum absolute atomic E-state index is 5.73. The van der Waals surface area contributed by atoms with E-state index in [-0.39, 0.29) is 5.92 Å². The molecule has 0 bridgehead atoms. The van der Waals surface area contributed by atoms with E-state index in [1.54, 1.807) is 0 Å². The van der Waals surface area contributed by atoms with Crippen molar-refractivity contribution in [2.45, 2.75) is 47.0 Å². The van der Waals surface area contributed by atoms with Crippen LogP contribution in [0.4, 0.5) is 5.82 Å². The molecule has 0 aliphatic heterocycles. The summed E-state index contributed by atoms with van der Waals surface area (Å²) in [7, 11) is 0. The van der Waals surface area contributed by atoms with E-state index in [2.05, 4.69) is 29.2 Å². The molecule has 0 fully saturated rings. The molecule has 0 radical (unpaired) electrons. The van der Waals surface area contributed by atoms with Crippen LogP contribution in [0.5, 0.6) is 5.88 Å². The number of nitrogen functional groups attached to an aromatic ring is 1. The summed E-state index contributed by atoms with van der Waals surface area (Å²) in [6, 6.07) is 0. The average Bonchev–Trinajstić information content (AvgIpc) is 2.30. The Kier molecular flexibility index (Phi) is 5.34. The first kappa shape index (κ1) is 14.7. The summed E-state index contributed by atoms with van der Waals surface area (Å²) in [6.45, 7) is 11.0. The molecule has 1 rings (SSSR count). The minimum atomic E-state index is 0.241. The summed E-state index contributed by atoms with van der Waals surface area (Å²) in [4.78, 5) is 8.82.